The topological polar surface area (TPSA) is 90.7 Å². The van der Waals surface area contributed by atoms with Crippen LogP contribution in [-0.4, -0.2) is 25.5 Å². The van der Waals surface area contributed by atoms with Crippen molar-refractivity contribution in [1.29, 1.82) is 0 Å². The van der Waals surface area contributed by atoms with Crippen molar-refractivity contribution in [3.8, 4) is 11.4 Å². The number of hydrogen-bond acceptors (Lipinski definition) is 4. The van der Waals surface area contributed by atoms with Gasteiger partial charge in [-0.3, -0.25) is 4.98 Å². The molecule has 2 N–H and O–H groups in total. The van der Waals surface area contributed by atoms with Crippen molar-refractivity contribution >= 4 is 21.9 Å². The van der Waals surface area contributed by atoms with Crippen LogP contribution >= 0.6 is 0 Å². The zero-order valence-electron chi connectivity index (χ0n) is 16.1. The van der Waals surface area contributed by atoms with Gasteiger partial charge in [-0.1, -0.05) is 44.2 Å². The number of nitrogens with zero attached hydrogens (tertiary/aromatic N) is 3. The van der Waals surface area contributed by atoms with Crippen LogP contribution < -0.4 is 24.8 Å². The fourth-order valence-corrected chi connectivity index (χ4v) is 3.18. The Kier molecular flexibility index (Phi) is 13.3. The Morgan fingerprint density at radius 2 is 1.59 bits per heavy atom. The van der Waals surface area contributed by atoms with Gasteiger partial charge in [-0.25, -0.2) is 4.98 Å². The molecule has 5 nitrogen and oxygen atoms in total. The van der Waals surface area contributed by atoms with Gasteiger partial charge in [0.2, 0.25) is 0 Å². The van der Waals surface area contributed by atoms with Crippen LogP contribution in [-0.2, 0) is 27.6 Å². The van der Waals surface area contributed by atoms with Crippen LogP contribution in [0.25, 0.3) is 33.3 Å². The molecule has 0 saturated carbocycles. The monoisotopic (exact) mass is 614 g/mol. The van der Waals surface area contributed by atoms with E-state index in [-0.39, 0.29) is 56.8 Å². The van der Waals surface area contributed by atoms with E-state index < -0.39 is 0 Å². The summed E-state index contributed by atoms with van der Waals surface area (Å²) in [6, 6.07) is 18.8. The summed E-state index contributed by atoms with van der Waals surface area (Å²) in [6.45, 7) is 5.49. The average molecular weight is 615 g/mol. The van der Waals surface area contributed by atoms with Gasteiger partial charge in [-0.15, -0.1) is 0 Å². The van der Waals surface area contributed by atoms with Crippen molar-refractivity contribution in [3.63, 3.8) is 0 Å². The van der Waals surface area contributed by atoms with Crippen molar-refractivity contribution < 1.29 is 56.8 Å². The molecule has 4 rings (SSSR count). The summed E-state index contributed by atoms with van der Waals surface area (Å²) in [5.74, 6) is 1.67. The molecule has 29 heavy (non-hydrogen) atoms. The van der Waals surface area contributed by atoms with Crippen molar-refractivity contribution in [3.05, 3.63) is 60.8 Å². The minimum atomic E-state index is 0. The van der Waals surface area contributed by atoms with Crippen LogP contribution in [0.5, 0.6) is 0 Å². The van der Waals surface area contributed by atoms with Gasteiger partial charge in [-0.2, -0.15) is 0 Å². The van der Waals surface area contributed by atoms with Gasteiger partial charge in [0.25, 0.3) is 0 Å². The Morgan fingerprint density at radius 1 is 0.897 bits per heavy atom. The molecule has 0 atom stereocenters. The summed E-state index contributed by atoms with van der Waals surface area (Å²) < 4.78 is 2.35. The maximum Gasteiger partial charge on any atom is 4.00 e. The summed E-state index contributed by atoms with van der Waals surface area (Å²) in [5.41, 5.74) is 4.36. The quantitative estimate of drug-likeness (QED) is 0.293. The maximum absolute atomic E-state index is 4.93. The number of halogens is 2. The first-order chi connectivity index (χ1) is 11.7. The summed E-state index contributed by atoms with van der Waals surface area (Å²) in [4.78, 5) is 9.54. The Hall–Kier alpha value is -1.49. The number of fused-ring (bicyclic) bond motifs is 2. The number of benzene rings is 2. The number of imidazole rings is 1. The van der Waals surface area contributed by atoms with Gasteiger partial charge in [0.15, 0.2) is 0 Å². The molecule has 2 heterocycles. The third-order valence-electron chi connectivity index (χ3n) is 4.46. The van der Waals surface area contributed by atoms with Crippen LogP contribution in [0.3, 0.4) is 0 Å². The Morgan fingerprint density at radius 3 is 2.31 bits per heavy atom. The summed E-state index contributed by atoms with van der Waals surface area (Å²) in [7, 11) is 0. The Bertz CT molecular complexity index is 1020. The van der Waals surface area contributed by atoms with E-state index in [9.17, 15) is 0 Å². The van der Waals surface area contributed by atoms with E-state index in [1.165, 1.54) is 5.52 Å². The smallest absolute Gasteiger partial charge is 1.00 e. The van der Waals surface area contributed by atoms with E-state index in [2.05, 4.69) is 65.9 Å². The second-order valence-corrected chi connectivity index (χ2v) is 6.64. The third-order valence-corrected chi connectivity index (χ3v) is 4.46. The van der Waals surface area contributed by atoms with E-state index >= 15 is 0 Å². The minimum Gasteiger partial charge on any atom is -1.00 e. The van der Waals surface area contributed by atoms with E-state index in [0.29, 0.717) is 5.92 Å². The van der Waals surface area contributed by atoms with Gasteiger partial charge >= 0.3 is 21.1 Å². The predicted molar refractivity (Wildman–Crippen MR) is 104 cm³/mol. The van der Waals surface area contributed by atoms with E-state index in [1.54, 1.807) is 0 Å². The van der Waals surface area contributed by atoms with E-state index in [4.69, 9.17) is 4.98 Å². The zero-order valence-corrected chi connectivity index (χ0v) is 19.9. The first-order valence-corrected chi connectivity index (χ1v) is 8.53. The van der Waals surface area contributed by atoms with Crippen LogP contribution in [0, 0.1) is 5.92 Å². The fourth-order valence-electron chi connectivity index (χ4n) is 3.18. The second kappa shape index (κ2) is 12.9. The van der Waals surface area contributed by atoms with Crippen LogP contribution in [0.2, 0.25) is 0 Å². The largest absolute Gasteiger partial charge is 4.00 e. The standard InChI is InChI=1S/C21H21N3.2ClH.2H2O.Pt/c1-15(2)12-14-24-19-11-4-3-10-18(19)23-21(24)17-9-5-7-16-8-6-13-22-20(16)17;;;;;/h3-11,13,15H,12,14H2,1-2H3;2*1H;2*1H2;/q;;;;;+4/p-4. The normalized spacial score (nSPS) is 9.62. The molecule has 0 bridgehead atoms. The van der Waals surface area contributed by atoms with Gasteiger partial charge in [-0.05, 0) is 36.6 Å². The van der Waals surface area contributed by atoms with Gasteiger partial charge in [0.1, 0.15) is 5.82 Å². The molecule has 0 amide bonds. The molecule has 158 valence electrons. The third kappa shape index (κ3) is 6.00. The Labute approximate surface area is 197 Å². The zero-order chi connectivity index (χ0) is 16.5. The molecule has 0 saturated heterocycles. The molecule has 0 unspecified atom stereocenters. The summed E-state index contributed by atoms with van der Waals surface area (Å²) >= 11 is 0. The molecule has 8 heteroatoms. The summed E-state index contributed by atoms with van der Waals surface area (Å²) in [5, 5.41) is 1.15. The first-order valence-electron chi connectivity index (χ1n) is 8.53. The van der Waals surface area contributed by atoms with E-state index in [1.807, 2.05) is 18.3 Å². The van der Waals surface area contributed by atoms with Crippen LogP contribution in [0.4, 0.5) is 0 Å². The molecule has 0 radical (unpaired) electrons. The molecule has 0 fully saturated rings. The molecule has 0 aliphatic heterocycles. The Balaban J connectivity index is 0. The van der Waals surface area contributed by atoms with Gasteiger partial charge in [0, 0.05) is 23.7 Å². The van der Waals surface area contributed by atoms with Crippen LogP contribution in [0.1, 0.15) is 20.3 Å². The molecule has 0 aliphatic rings. The molecular formula is C21H23Cl2N3O2Pt. The molecule has 0 aliphatic carbocycles. The SMILES string of the molecule is CC(C)CCn1c(-c2cccc3cccnc23)nc2ccccc21.[Cl-].[Cl-].[OH-].[OH-].[Pt+4]. The maximum atomic E-state index is 4.93. The van der Waals surface area contributed by atoms with Gasteiger partial charge in [0.05, 0.1) is 16.6 Å². The molecule has 2 aromatic carbocycles. The fraction of sp³-hybridized carbons (Fsp3) is 0.238. The number of rotatable bonds is 4. The van der Waals surface area contributed by atoms with Crippen molar-refractivity contribution in [2.75, 3.05) is 0 Å². The second-order valence-electron chi connectivity index (χ2n) is 6.64. The number of hydrogen-bond donors (Lipinski definition) is 0. The first kappa shape index (κ1) is 29.7. The number of aryl methyl sites for hydroxylation is 1. The number of aromatic nitrogens is 3. The van der Waals surface area contributed by atoms with Crippen molar-refractivity contribution in [2.45, 2.75) is 26.8 Å². The number of pyridine rings is 1. The van der Waals surface area contributed by atoms with E-state index in [0.717, 1.165) is 40.8 Å². The minimum absolute atomic E-state index is 0. The summed E-state index contributed by atoms with van der Waals surface area (Å²) in [6.07, 6.45) is 2.98. The molecule has 2 aromatic heterocycles. The van der Waals surface area contributed by atoms with Crippen LogP contribution in [0.15, 0.2) is 60.8 Å². The van der Waals surface area contributed by atoms with Crippen molar-refractivity contribution in [1.82, 2.24) is 14.5 Å². The van der Waals surface area contributed by atoms with Crippen molar-refractivity contribution in [2.24, 2.45) is 5.92 Å². The molecule has 0 spiro atoms. The molecular weight excluding hydrogens is 592 g/mol. The van der Waals surface area contributed by atoms with Gasteiger partial charge < -0.3 is 40.3 Å². The molecule has 4 aromatic rings. The average Bonchev–Trinajstić information content (AvgIpc) is 2.98. The predicted octanol–water partition coefficient (Wildman–Crippen LogP) is -1.05. The number of para-hydroxylation sites is 3.